The van der Waals surface area contributed by atoms with Crippen molar-refractivity contribution in [1.82, 2.24) is 5.32 Å². The van der Waals surface area contributed by atoms with Gasteiger partial charge in [0.05, 0.1) is 6.61 Å². The van der Waals surface area contributed by atoms with Crippen molar-refractivity contribution in [2.45, 2.75) is 31.7 Å². The van der Waals surface area contributed by atoms with Crippen LogP contribution >= 0.6 is 0 Å². The van der Waals surface area contributed by atoms with Gasteiger partial charge < -0.3 is 10.1 Å². The van der Waals surface area contributed by atoms with E-state index in [2.05, 4.69) is 30.6 Å². The van der Waals surface area contributed by atoms with Gasteiger partial charge in [-0.25, -0.2) is 0 Å². The second-order valence-electron chi connectivity index (χ2n) is 6.07. The van der Waals surface area contributed by atoms with Crippen molar-refractivity contribution in [2.75, 3.05) is 13.7 Å². The number of hydrogen-bond donors (Lipinski definition) is 1. The van der Waals surface area contributed by atoms with Crippen LogP contribution in [-0.2, 0) is 6.42 Å². The number of fused-ring (bicyclic) bond motifs is 2. The molecule has 3 aliphatic rings. The van der Waals surface area contributed by atoms with Crippen LogP contribution in [0.3, 0.4) is 0 Å². The maximum Gasteiger partial charge on any atom is 0.122 e. The van der Waals surface area contributed by atoms with Gasteiger partial charge in [-0.3, -0.25) is 0 Å². The number of benzene rings is 1. The summed E-state index contributed by atoms with van der Waals surface area (Å²) in [6.45, 7) is 0.859. The number of ether oxygens (including phenoxy) is 1. The van der Waals surface area contributed by atoms with E-state index in [9.17, 15) is 0 Å². The first-order valence-electron chi connectivity index (χ1n) is 7.31. The predicted octanol–water partition coefficient (Wildman–Crippen LogP) is 2.93. The standard InChI is InChI=1S/C16H21NO/c1-17-16(15-12-3-2-4-13(12)15)11-5-6-14-10(9-11)7-8-18-14/h5-6,9,12-13,15-17H,2-4,7-8H2,1H3. The minimum Gasteiger partial charge on any atom is -0.493 e. The Morgan fingerprint density at radius 3 is 2.89 bits per heavy atom. The van der Waals surface area contributed by atoms with Crippen molar-refractivity contribution in [2.24, 2.45) is 17.8 Å². The molecular weight excluding hydrogens is 222 g/mol. The van der Waals surface area contributed by atoms with Crippen LogP contribution in [0.4, 0.5) is 0 Å². The predicted molar refractivity (Wildman–Crippen MR) is 71.8 cm³/mol. The molecule has 2 nitrogen and oxygen atoms in total. The van der Waals surface area contributed by atoms with E-state index in [0.717, 1.165) is 36.5 Å². The molecule has 1 aliphatic heterocycles. The van der Waals surface area contributed by atoms with Crippen LogP contribution in [0.2, 0.25) is 0 Å². The summed E-state index contributed by atoms with van der Waals surface area (Å²) in [5.74, 6) is 4.01. The molecule has 2 aliphatic carbocycles. The van der Waals surface area contributed by atoms with Gasteiger partial charge in [0, 0.05) is 12.5 Å². The highest BCUT2D eigenvalue weighted by Crippen LogP contribution is 2.62. The normalized spacial score (nSPS) is 33.7. The smallest absolute Gasteiger partial charge is 0.122 e. The molecule has 2 heteroatoms. The molecular formula is C16H21NO. The summed E-state index contributed by atoms with van der Waals surface area (Å²) >= 11 is 0. The first-order chi connectivity index (χ1) is 8.88. The number of nitrogens with one attached hydrogen (secondary N) is 1. The summed E-state index contributed by atoms with van der Waals surface area (Å²) in [7, 11) is 2.11. The molecule has 0 spiro atoms. The van der Waals surface area contributed by atoms with Gasteiger partial charge >= 0.3 is 0 Å². The third kappa shape index (κ3) is 1.51. The van der Waals surface area contributed by atoms with Gasteiger partial charge in [0.15, 0.2) is 0 Å². The van der Waals surface area contributed by atoms with Gasteiger partial charge in [-0.15, -0.1) is 0 Å². The molecule has 0 amide bonds. The molecule has 3 atom stereocenters. The first-order valence-corrected chi connectivity index (χ1v) is 7.31. The van der Waals surface area contributed by atoms with Gasteiger partial charge in [0.1, 0.15) is 5.75 Å². The van der Waals surface area contributed by atoms with Gasteiger partial charge in [-0.1, -0.05) is 18.6 Å². The Kier molecular flexibility index (Phi) is 2.41. The Balaban J connectivity index is 1.61. The summed E-state index contributed by atoms with van der Waals surface area (Å²) in [6.07, 6.45) is 5.46. The molecule has 96 valence electrons. The molecule has 1 aromatic rings. The van der Waals surface area contributed by atoms with Crippen molar-refractivity contribution in [3.05, 3.63) is 29.3 Å². The Morgan fingerprint density at radius 2 is 2.11 bits per heavy atom. The second-order valence-corrected chi connectivity index (χ2v) is 6.07. The molecule has 0 aromatic heterocycles. The molecule has 0 saturated heterocycles. The molecule has 2 fully saturated rings. The zero-order valence-electron chi connectivity index (χ0n) is 11.0. The van der Waals surface area contributed by atoms with Crippen molar-refractivity contribution in [1.29, 1.82) is 0 Å². The van der Waals surface area contributed by atoms with E-state index >= 15 is 0 Å². The third-order valence-electron chi connectivity index (χ3n) is 5.24. The molecule has 0 bridgehead atoms. The lowest BCUT2D eigenvalue weighted by atomic mass is 9.95. The van der Waals surface area contributed by atoms with E-state index in [1.54, 1.807) is 0 Å². The SMILES string of the molecule is CNC(c1ccc2c(c1)CCO2)C1C2CCCC21. The maximum atomic E-state index is 5.60. The van der Waals surface area contributed by atoms with Crippen LogP contribution in [0.1, 0.15) is 36.4 Å². The molecule has 0 radical (unpaired) electrons. The maximum absolute atomic E-state index is 5.60. The van der Waals surface area contributed by atoms with Gasteiger partial charge in [0.2, 0.25) is 0 Å². The van der Waals surface area contributed by atoms with E-state index in [-0.39, 0.29) is 0 Å². The highest BCUT2D eigenvalue weighted by atomic mass is 16.5. The van der Waals surface area contributed by atoms with Crippen LogP contribution in [0.5, 0.6) is 5.75 Å². The monoisotopic (exact) mass is 243 g/mol. The van der Waals surface area contributed by atoms with Gasteiger partial charge in [0.25, 0.3) is 0 Å². The Morgan fingerprint density at radius 1 is 1.28 bits per heavy atom. The lowest BCUT2D eigenvalue weighted by Gasteiger charge is -2.19. The minimum absolute atomic E-state index is 0.561. The quantitative estimate of drug-likeness (QED) is 0.881. The van der Waals surface area contributed by atoms with Crippen LogP contribution in [0.25, 0.3) is 0 Å². The zero-order chi connectivity index (χ0) is 12.1. The average Bonchev–Trinajstić information content (AvgIpc) is 2.83. The van der Waals surface area contributed by atoms with Crippen molar-refractivity contribution in [3.63, 3.8) is 0 Å². The van der Waals surface area contributed by atoms with Crippen LogP contribution < -0.4 is 10.1 Å². The van der Waals surface area contributed by atoms with Crippen LogP contribution in [0.15, 0.2) is 18.2 Å². The summed E-state index contributed by atoms with van der Waals surface area (Å²) in [5, 5.41) is 3.56. The van der Waals surface area contributed by atoms with E-state index < -0.39 is 0 Å². The number of hydrogen-bond acceptors (Lipinski definition) is 2. The van der Waals surface area contributed by atoms with E-state index in [1.807, 2.05) is 0 Å². The summed E-state index contributed by atoms with van der Waals surface area (Å²) in [5.41, 5.74) is 2.87. The fourth-order valence-corrected chi connectivity index (χ4v) is 4.35. The van der Waals surface area contributed by atoms with Crippen molar-refractivity contribution < 1.29 is 4.74 Å². The Labute approximate surface area is 109 Å². The Bertz CT molecular complexity index is 460. The highest BCUT2D eigenvalue weighted by molar-refractivity contribution is 5.41. The molecule has 1 N–H and O–H groups in total. The minimum atomic E-state index is 0.561. The molecule has 4 rings (SSSR count). The van der Waals surface area contributed by atoms with E-state index in [0.29, 0.717) is 6.04 Å². The topological polar surface area (TPSA) is 21.3 Å². The lowest BCUT2D eigenvalue weighted by Crippen LogP contribution is -2.20. The fourth-order valence-electron chi connectivity index (χ4n) is 4.35. The zero-order valence-corrected chi connectivity index (χ0v) is 11.0. The van der Waals surface area contributed by atoms with Gasteiger partial charge in [-0.2, -0.15) is 0 Å². The molecule has 1 aromatic carbocycles. The Hall–Kier alpha value is -1.02. The second kappa shape index (κ2) is 3.99. The first kappa shape index (κ1) is 10.9. The summed E-state index contributed by atoms with van der Waals surface area (Å²) in [6, 6.07) is 7.36. The third-order valence-corrected chi connectivity index (χ3v) is 5.24. The molecule has 18 heavy (non-hydrogen) atoms. The molecule has 1 heterocycles. The van der Waals surface area contributed by atoms with E-state index in [1.165, 1.54) is 30.4 Å². The largest absolute Gasteiger partial charge is 0.493 e. The van der Waals surface area contributed by atoms with Crippen molar-refractivity contribution in [3.8, 4) is 5.75 Å². The number of rotatable bonds is 3. The average molecular weight is 243 g/mol. The summed E-state index contributed by atoms with van der Waals surface area (Å²) < 4.78 is 5.60. The van der Waals surface area contributed by atoms with Gasteiger partial charge in [-0.05, 0) is 54.8 Å². The van der Waals surface area contributed by atoms with E-state index in [4.69, 9.17) is 4.74 Å². The van der Waals surface area contributed by atoms with Crippen LogP contribution in [0, 0.1) is 17.8 Å². The van der Waals surface area contributed by atoms with Crippen molar-refractivity contribution >= 4 is 0 Å². The van der Waals surface area contributed by atoms with Crippen LogP contribution in [-0.4, -0.2) is 13.7 Å². The highest BCUT2D eigenvalue weighted by Gasteiger charge is 2.55. The lowest BCUT2D eigenvalue weighted by molar-refractivity contribution is 0.356. The summed E-state index contributed by atoms with van der Waals surface area (Å²) in [4.78, 5) is 0. The molecule has 3 unspecified atom stereocenters. The fraction of sp³-hybridized carbons (Fsp3) is 0.625. The molecule has 2 saturated carbocycles.